The van der Waals surface area contributed by atoms with Crippen molar-refractivity contribution in [2.45, 2.75) is 13.1 Å². The van der Waals surface area contributed by atoms with Crippen LogP contribution in [-0.4, -0.2) is 12.5 Å². The summed E-state index contributed by atoms with van der Waals surface area (Å²) < 4.78 is 43.1. The Kier molecular flexibility index (Phi) is 4.70. The Hall–Kier alpha value is -2.50. The maximum absolute atomic E-state index is 12.6. The Morgan fingerprint density at radius 3 is 2.41 bits per heavy atom. The Labute approximate surface area is 125 Å². The molecule has 0 saturated carbocycles. The molecule has 0 heterocycles. The van der Waals surface area contributed by atoms with Crippen molar-refractivity contribution in [2.24, 2.45) is 0 Å². The molecule has 0 aliphatic carbocycles. The number of rotatable bonds is 4. The average Bonchev–Trinajstić information content (AvgIpc) is 2.48. The number of carbonyl (C=O) groups is 1. The molecule has 0 spiro atoms. The second-order valence-electron chi connectivity index (χ2n) is 4.49. The van der Waals surface area contributed by atoms with Gasteiger partial charge in [-0.1, -0.05) is 6.07 Å². The fraction of sp³-hybridized carbons (Fsp3) is 0.188. The third kappa shape index (κ3) is 4.00. The molecular weight excluding hydrogens is 295 g/mol. The van der Waals surface area contributed by atoms with Gasteiger partial charge in [0.25, 0.3) is 5.91 Å². The summed E-state index contributed by atoms with van der Waals surface area (Å²) in [4.78, 5) is 12.0. The van der Waals surface area contributed by atoms with E-state index in [1.54, 1.807) is 24.3 Å². The van der Waals surface area contributed by atoms with Crippen LogP contribution in [0.2, 0.25) is 0 Å². The first kappa shape index (κ1) is 15.9. The highest BCUT2D eigenvalue weighted by Gasteiger charge is 2.30. The van der Waals surface area contributed by atoms with E-state index in [2.05, 4.69) is 5.32 Å². The lowest BCUT2D eigenvalue weighted by Crippen LogP contribution is -2.13. The molecule has 116 valence electrons. The number of amides is 1. The summed E-state index contributed by atoms with van der Waals surface area (Å²) in [7, 11) is 0. The first-order valence-electron chi connectivity index (χ1n) is 6.61. The van der Waals surface area contributed by atoms with Crippen LogP contribution in [0.5, 0.6) is 5.75 Å². The zero-order valence-electron chi connectivity index (χ0n) is 11.8. The number of anilines is 1. The number of hydrogen-bond donors (Lipinski definition) is 1. The van der Waals surface area contributed by atoms with Gasteiger partial charge in [0, 0.05) is 11.3 Å². The summed E-state index contributed by atoms with van der Waals surface area (Å²) in [5, 5.41) is 2.44. The Bertz CT molecular complexity index is 651. The molecule has 0 aliphatic rings. The predicted octanol–water partition coefficient (Wildman–Crippen LogP) is 4.36. The van der Waals surface area contributed by atoms with Crippen LogP contribution in [0, 0.1) is 0 Å². The number of hydrogen-bond acceptors (Lipinski definition) is 2. The summed E-state index contributed by atoms with van der Waals surface area (Å²) >= 11 is 0. The van der Waals surface area contributed by atoms with Gasteiger partial charge in [0.1, 0.15) is 5.75 Å². The molecule has 22 heavy (non-hydrogen) atoms. The largest absolute Gasteiger partial charge is 0.494 e. The van der Waals surface area contributed by atoms with Gasteiger partial charge in [0.05, 0.1) is 12.2 Å². The van der Waals surface area contributed by atoms with E-state index in [1.807, 2.05) is 6.92 Å². The Balaban J connectivity index is 2.11. The standard InChI is InChI=1S/C16H14F3NO2/c1-2-22-14-8-6-11(7-9-14)15(21)20-13-5-3-4-12(10-13)16(17,18)19/h3-10H,2H2,1H3,(H,20,21). The number of carbonyl (C=O) groups excluding carboxylic acids is 1. The van der Waals surface area contributed by atoms with Gasteiger partial charge in [0.15, 0.2) is 0 Å². The minimum Gasteiger partial charge on any atom is -0.494 e. The first-order valence-corrected chi connectivity index (χ1v) is 6.61. The van der Waals surface area contributed by atoms with E-state index < -0.39 is 17.6 Å². The monoisotopic (exact) mass is 309 g/mol. The second-order valence-corrected chi connectivity index (χ2v) is 4.49. The van der Waals surface area contributed by atoms with Gasteiger partial charge in [-0.15, -0.1) is 0 Å². The number of alkyl halides is 3. The van der Waals surface area contributed by atoms with Crippen LogP contribution >= 0.6 is 0 Å². The first-order chi connectivity index (χ1) is 10.4. The average molecular weight is 309 g/mol. The van der Waals surface area contributed by atoms with Crippen LogP contribution in [0.4, 0.5) is 18.9 Å². The highest BCUT2D eigenvalue weighted by atomic mass is 19.4. The molecule has 0 fully saturated rings. The predicted molar refractivity (Wildman–Crippen MR) is 77.0 cm³/mol. The Morgan fingerprint density at radius 1 is 1.14 bits per heavy atom. The Morgan fingerprint density at radius 2 is 1.82 bits per heavy atom. The van der Waals surface area contributed by atoms with E-state index in [0.717, 1.165) is 12.1 Å². The molecule has 2 aromatic carbocycles. The van der Waals surface area contributed by atoms with Gasteiger partial charge in [0.2, 0.25) is 0 Å². The van der Waals surface area contributed by atoms with E-state index in [1.165, 1.54) is 12.1 Å². The van der Waals surface area contributed by atoms with Gasteiger partial charge in [-0.25, -0.2) is 0 Å². The van der Waals surface area contributed by atoms with Gasteiger partial charge in [-0.3, -0.25) is 4.79 Å². The van der Waals surface area contributed by atoms with Crippen molar-refractivity contribution in [2.75, 3.05) is 11.9 Å². The highest BCUT2D eigenvalue weighted by Crippen LogP contribution is 2.30. The van der Waals surface area contributed by atoms with Crippen LogP contribution in [-0.2, 0) is 6.18 Å². The van der Waals surface area contributed by atoms with Crippen molar-refractivity contribution in [3.05, 3.63) is 59.7 Å². The van der Waals surface area contributed by atoms with Crippen LogP contribution in [0.25, 0.3) is 0 Å². The third-order valence-electron chi connectivity index (χ3n) is 2.88. The molecule has 2 rings (SSSR count). The van der Waals surface area contributed by atoms with Crippen molar-refractivity contribution in [3.63, 3.8) is 0 Å². The molecule has 2 aromatic rings. The summed E-state index contributed by atoms with van der Waals surface area (Å²) in [5.74, 6) is 0.139. The molecular formula is C16H14F3NO2. The van der Waals surface area contributed by atoms with E-state index >= 15 is 0 Å². The molecule has 0 aliphatic heterocycles. The lowest BCUT2D eigenvalue weighted by atomic mass is 10.1. The fourth-order valence-electron chi connectivity index (χ4n) is 1.85. The number of benzene rings is 2. The smallest absolute Gasteiger partial charge is 0.416 e. The van der Waals surface area contributed by atoms with E-state index in [4.69, 9.17) is 4.74 Å². The molecule has 0 aromatic heterocycles. The highest BCUT2D eigenvalue weighted by molar-refractivity contribution is 6.04. The van der Waals surface area contributed by atoms with Gasteiger partial charge >= 0.3 is 6.18 Å². The molecule has 0 unspecified atom stereocenters. The molecule has 3 nitrogen and oxygen atoms in total. The van der Waals surface area contributed by atoms with E-state index in [9.17, 15) is 18.0 Å². The van der Waals surface area contributed by atoms with Gasteiger partial charge in [-0.2, -0.15) is 13.2 Å². The summed E-state index contributed by atoms with van der Waals surface area (Å²) in [6, 6.07) is 10.9. The normalized spacial score (nSPS) is 11.1. The SMILES string of the molecule is CCOc1ccc(C(=O)Nc2cccc(C(F)(F)F)c2)cc1. The second kappa shape index (κ2) is 6.51. The van der Waals surface area contributed by atoms with Crippen molar-refractivity contribution in [3.8, 4) is 5.75 Å². The lowest BCUT2D eigenvalue weighted by Gasteiger charge is -2.10. The zero-order valence-corrected chi connectivity index (χ0v) is 11.8. The third-order valence-corrected chi connectivity index (χ3v) is 2.88. The molecule has 0 bridgehead atoms. The van der Waals surface area contributed by atoms with Crippen molar-refractivity contribution in [1.29, 1.82) is 0 Å². The zero-order chi connectivity index (χ0) is 16.2. The van der Waals surface area contributed by atoms with Crippen LogP contribution < -0.4 is 10.1 Å². The minimum atomic E-state index is -4.44. The van der Waals surface area contributed by atoms with E-state index in [0.29, 0.717) is 17.9 Å². The van der Waals surface area contributed by atoms with Crippen LogP contribution in [0.1, 0.15) is 22.8 Å². The number of nitrogens with one attached hydrogen (secondary N) is 1. The fourth-order valence-corrected chi connectivity index (χ4v) is 1.85. The van der Waals surface area contributed by atoms with Crippen molar-refractivity contribution < 1.29 is 22.7 Å². The topological polar surface area (TPSA) is 38.3 Å². The molecule has 1 N–H and O–H groups in total. The summed E-state index contributed by atoms with van der Waals surface area (Å²) in [6.07, 6.45) is -4.44. The summed E-state index contributed by atoms with van der Waals surface area (Å²) in [6.45, 7) is 2.35. The van der Waals surface area contributed by atoms with Crippen molar-refractivity contribution in [1.82, 2.24) is 0 Å². The van der Waals surface area contributed by atoms with Gasteiger partial charge in [-0.05, 0) is 49.4 Å². The quantitative estimate of drug-likeness (QED) is 0.911. The maximum Gasteiger partial charge on any atom is 0.416 e. The lowest BCUT2D eigenvalue weighted by molar-refractivity contribution is -0.137. The molecule has 0 saturated heterocycles. The van der Waals surface area contributed by atoms with Gasteiger partial charge < -0.3 is 10.1 Å². The molecule has 1 amide bonds. The molecule has 6 heteroatoms. The van der Waals surface area contributed by atoms with Crippen LogP contribution in [0.3, 0.4) is 0 Å². The number of ether oxygens (including phenoxy) is 1. The minimum absolute atomic E-state index is 0.0914. The van der Waals surface area contributed by atoms with Crippen LogP contribution in [0.15, 0.2) is 48.5 Å². The maximum atomic E-state index is 12.6. The molecule has 0 atom stereocenters. The van der Waals surface area contributed by atoms with Crippen molar-refractivity contribution >= 4 is 11.6 Å². The summed E-state index contributed by atoms with van der Waals surface area (Å²) in [5.41, 5.74) is -0.383. The van der Waals surface area contributed by atoms with E-state index in [-0.39, 0.29) is 5.69 Å². The number of halogens is 3. The molecule has 0 radical (unpaired) electrons.